The molecule has 0 amide bonds. The third kappa shape index (κ3) is 3.45. The van der Waals surface area contributed by atoms with Crippen LogP contribution >= 0.6 is 0 Å². The van der Waals surface area contributed by atoms with Crippen molar-refractivity contribution in [2.75, 3.05) is 38.7 Å². The lowest BCUT2D eigenvalue weighted by Gasteiger charge is -2.32. The molecule has 0 N–H and O–H groups in total. The van der Waals surface area contributed by atoms with Crippen LogP contribution in [-0.4, -0.2) is 48.8 Å². The highest BCUT2D eigenvalue weighted by molar-refractivity contribution is 5.37. The third-order valence-electron chi connectivity index (χ3n) is 3.76. The Morgan fingerprint density at radius 3 is 2.95 bits per heavy atom. The van der Waals surface area contributed by atoms with Crippen molar-refractivity contribution in [3.05, 3.63) is 41.4 Å². The first kappa shape index (κ1) is 15.0. The van der Waals surface area contributed by atoms with Crippen LogP contribution in [0.1, 0.15) is 23.3 Å². The van der Waals surface area contributed by atoms with E-state index in [9.17, 15) is 0 Å². The predicted molar refractivity (Wildman–Crippen MR) is 83.8 cm³/mol. The monoisotopic (exact) mass is 302 g/mol. The van der Waals surface area contributed by atoms with E-state index < -0.39 is 0 Å². The fraction of sp³-hybridized carbons (Fsp3) is 0.500. The van der Waals surface area contributed by atoms with E-state index >= 15 is 0 Å². The van der Waals surface area contributed by atoms with Crippen LogP contribution in [0.2, 0.25) is 0 Å². The maximum Gasteiger partial charge on any atom is 0.133 e. The average Bonchev–Trinajstić information content (AvgIpc) is 2.93. The Morgan fingerprint density at radius 1 is 1.36 bits per heavy atom. The zero-order chi connectivity index (χ0) is 15.5. The van der Waals surface area contributed by atoms with E-state index in [4.69, 9.17) is 9.26 Å². The summed E-state index contributed by atoms with van der Waals surface area (Å²) in [4.78, 5) is 9.01. The fourth-order valence-corrected chi connectivity index (χ4v) is 2.61. The van der Waals surface area contributed by atoms with Gasteiger partial charge >= 0.3 is 0 Å². The number of ether oxygens (including phenoxy) is 1. The van der Waals surface area contributed by atoms with Crippen LogP contribution in [-0.2, 0) is 11.3 Å². The molecule has 0 radical (unpaired) electrons. The minimum absolute atomic E-state index is 0.00153. The lowest BCUT2D eigenvalue weighted by molar-refractivity contribution is -0.0355. The molecular weight excluding hydrogens is 280 g/mol. The standard InChI is InChI=1S/C16H22N4O2/c1-12-9-13(18-22-12)10-20-7-8-21-15(11-20)14-5-4-6-16(17-14)19(2)3/h4-6,9,15H,7-8,10-11H2,1-3H3. The molecule has 3 rings (SSSR count). The molecule has 0 aromatic carbocycles. The van der Waals surface area contributed by atoms with Gasteiger partial charge < -0.3 is 14.2 Å². The Labute approximate surface area is 130 Å². The maximum atomic E-state index is 5.91. The summed E-state index contributed by atoms with van der Waals surface area (Å²) in [5.41, 5.74) is 1.94. The lowest BCUT2D eigenvalue weighted by Crippen LogP contribution is -2.38. The van der Waals surface area contributed by atoms with Crippen LogP contribution in [0.5, 0.6) is 0 Å². The van der Waals surface area contributed by atoms with Crippen molar-refractivity contribution in [2.45, 2.75) is 19.6 Å². The fourth-order valence-electron chi connectivity index (χ4n) is 2.61. The number of nitrogens with zero attached hydrogens (tertiary/aromatic N) is 4. The minimum atomic E-state index is 0.00153. The number of hydrogen-bond acceptors (Lipinski definition) is 6. The number of pyridine rings is 1. The molecule has 2 aromatic rings. The Morgan fingerprint density at radius 2 is 2.23 bits per heavy atom. The summed E-state index contributed by atoms with van der Waals surface area (Å²) < 4.78 is 11.0. The topological polar surface area (TPSA) is 54.6 Å². The lowest BCUT2D eigenvalue weighted by atomic mass is 10.1. The third-order valence-corrected chi connectivity index (χ3v) is 3.76. The Bertz CT molecular complexity index is 626. The van der Waals surface area contributed by atoms with Gasteiger partial charge in [-0.2, -0.15) is 0 Å². The number of rotatable bonds is 4. The first-order valence-electron chi connectivity index (χ1n) is 7.52. The number of aromatic nitrogens is 2. The van der Waals surface area contributed by atoms with Crippen molar-refractivity contribution < 1.29 is 9.26 Å². The van der Waals surface area contributed by atoms with Gasteiger partial charge in [-0.1, -0.05) is 11.2 Å². The summed E-state index contributed by atoms with van der Waals surface area (Å²) in [7, 11) is 3.99. The Balaban J connectivity index is 1.68. The van der Waals surface area contributed by atoms with Crippen molar-refractivity contribution in [1.29, 1.82) is 0 Å². The second-order valence-electron chi connectivity index (χ2n) is 5.84. The van der Waals surface area contributed by atoms with Crippen LogP contribution in [0.4, 0.5) is 5.82 Å². The van der Waals surface area contributed by atoms with E-state index in [2.05, 4.69) is 15.0 Å². The largest absolute Gasteiger partial charge is 0.369 e. The zero-order valence-corrected chi connectivity index (χ0v) is 13.3. The highest BCUT2D eigenvalue weighted by Crippen LogP contribution is 2.23. The zero-order valence-electron chi connectivity index (χ0n) is 13.3. The van der Waals surface area contributed by atoms with Crippen molar-refractivity contribution >= 4 is 5.82 Å². The van der Waals surface area contributed by atoms with Crippen LogP contribution in [0.25, 0.3) is 0 Å². The quantitative estimate of drug-likeness (QED) is 0.861. The SMILES string of the molecule is Cc1cc(CN2CCOC(c3cccc(N(C)C)n3)C2)no1. The van der Waals surface area contributed by atoms with E-state index in [0.29, 0.717) is 6.61 Å². The van der Waals surface area contributed by atoms with E-state index in [1.807, 2.05) is 50.2 Å². The highest BCUT2D eigenvalue weighted by atomic mass is 16.5. The van der Waals surface area contributed by atoms with Crippen LogP contribution in [0, 0.1) is 6.92 Å². The molecule has 1 atom stereocenters. The molecule has 3 heterocycles. The van der Waals surface area contributed by atoms with Gasteiger partial charge in [0.15, 0.2) is 0 Å². The van der Waals surface area contributed by atoms with E-state index in [1.54, 1.807) is 0 Å². The maximum absolute atomic E-state index is 5.91. The van der Waals surface area contributed by atoms with Crippen molar-refractivity contribution in [3.8, 4) is 0 Å². The number of aryl methyl sites for hydroxylation is 1. The van der Waals surface area contributed by atoms with Gasteiger partial charge in [0.2, 0.25) is 0 Å². The molecule has 0 bridgehead atoms. The number of morpholine rings is 1. The number of anilines is 1. The van der Waals surface area contributed by atoms with Gasteiger partial charge in [-0.15, -0.1) is 0 Å². The van der Waals surface area contributed by atoms with Gasteiger partial charge in [-0.25, -0.2) is 4.98 Å². The van der Waals surface area contributed by atoms with E-state index in [1.165, 1.54) is 0 Å². The molecule has 1 aliphatic rings. The first-order valence-corrected chi connectivity index (χ1v) is 7.52. The molecular formula is C16H22N4O2. The molecule has 1 aliphatic heterocycles. The molecule has 1 fully saturated rings. The summed E-state index contributed by atoms with van der Waals surface area (Å²) in [5, 5.41) is 4.07. The van der Waals surface area contributed by atoms with Gasteiger partial charge in [0.25, 0.3) is 0 Å². The van der Waals surface area contributed by atoms with Gasteiger partial charge in [-0.3, -0.25) is 4.90 Å². The Kier molecular flexibility index (Phi) is 4.40. The molecule has 22 heavy (non-hydrogen) atoms. The van der Waals surface area contributed by atoms with Gasteiger partial charge in [0, 0.05) is 39.8 Å². The highest BCUT2D eigenvalue weighted by Gasteiger charge is 2.24. The average molecular weight is 302 g/mol. The smallest absolute Gasteiger partial charge is 0.133 e. The first-order chi connectivity index (χ1) is 10.6. The summed E-state index contributed by atoms with van der Waals surface area (Å²) in [5.74, 6) is 1.80. The molecule has 0 spiro atoms. The van der Waals surface area contributed by atoms with Crippen molar-refractivity contribution in [3.63, 3.8) is 0 Å². The molecule has 6 heteroatoms. The molecule has 118 valence electrons. The molecule has 1 saturated heterocycles. The summed E-state index contributed by atoms with van der Waals surface area (Å²) >= 11 is 0. The molecule has 1 unspecified atom stereocenters. The molecule has 0 saturated carbocycles. The van der Waals surface area contributed by atoms with Gasteiger partial charge in [0.1, 0.15) is 17.7 Å². The van der Waals surface area contributed by atoms with E-state index in [0.717, 1.165) is 42.6 Å². The predicted octanol–water partition coefficient (Wildman–Crippen LogP) is 2.02. The van der Waals surface area contributed by atoms with Gasteiger partial charge in [0.05, 0.1) is 18.0 Å². The Hall–Kier alpha value is -1.92. The molecule has 6 nitrogen and oxygen atoms in total. The summed E-state index contributed by atoms with van der Waals surface area (Å²) in [6, 6.07) is 8.04. The van der Waals surface area contributed by atoms with Crippen molar-refractivity contribution in [1.82, 2.24) is 15.0 Å². The van der Waals surface area contributed by atoms with Crippen LogP contribution < -0.4 is 4.90 Å². The normalized spacial score (nSPS) is 19.3. The van der Waals surface area contributed by atoms with Gasteiger partial charge in [-0.05, 0) is 19.1 Å². The van der Waals surface area contributed by atoms with Crippen LogP contribution in [0.15, 0.2) is 28.8 Å². The van der Waals surface area contributed by atoms with Crippen molar-refractivity contribution in [2.24, 2.45) is 0 Å². The second-order valence-corrected chi connectivity index (χ2v) is 5.84. The molecule has 0 aliphatic carbocycles. The minimum Gasteiger partial charge on any atom is -0.369 e. The summed E-state index contributed by atoms with van der Waals surface area (Å²) in [6.07, 6.45) is 0.00153. The van der Waals surface area contributed by atoms with E-state index in [-0.39, 0.29) is 6.10 Å². The molecule has 2 aromatic heterocycles. The number of hydrogen-bond donors (Lipinski definition) is 0. The van der Waals surface area contributed by atoms with Crippen LogP contribution in [0.3, 0.4) is 0 Å². The second kappa shape index (κ2) is 6.46. The summed E-state index contributed by atoms with van der Waals surface area (Å²) in [6.45, 7) is 5.11.